The molecule has 0 aliphatic carbocycles. The smallest absolute Gasteiger partial charge is 0.240 e. The van der Waals surface area contributed by atoms with E-state index in [1.54, 1.807) is 0 Å². The first-order chi connectivity index (χ1) is 8.19. The third-order valence-electron chi connectivity index (χ3n) is 3.29. The highest BCUT2D eigenvalue weighted by molar-refractivity contribution is 5.85. The van der Waals surface area contributed by atoms with Gasteiger partial charge in [0, 0.05) is 13.2 Å². The molecular weight excluding hydrogens is 216 g/mol. The fraction of sp³-hybridized carbons (Fsp3) is 0.923. The third-order valence-corrected chi connectivity index (χ3v) is 3.29. The number of amides is 1. The van der Waals surface area contributed by atoms with Crippen molar-refractivity contribution >= 4 is 5.91 Å². The zero-order valence-electron chi connectivity index (χ0n) is 11.2. The number of unbranched alkanes of at least 4 members (excludes halogenated alkanes) is 1. The third kappa shape index (κ3) is 5.04. The minimum absolute atomic E-state index is 0.108. The van der Waals surface area contributed by atoms with Gasteiger partial charge in [-0.3, -0.25) is 4.79 Å². The van der Waals surface area contributed by atoms with Gasteiger partial charge in [-0.05, 0) is 39.2 Å². The molecule has 1 rings (SSSR count). The number of piperidine rings is 1. The Labute approximate surface area is 104 Å². The molecule has 4 heteroatoms. The summed E-state index contributed by atoms with van der Waals surface area (Å²) in [5.41, 5.74) is -0.373. The minimum atomic E-state index is -0.373. The molecule has 1 heterocycles. The van der Waals surface area contributed by atoms with Gasteiger partial charge in [0.1, 0.15) is 0 Å². The number of ether oxygens (including phenoxy) is 1. The Balaban J connectivity index is 2.11. The van der Waals surface area contributed by atoms with E-state index in [0.29, 0.717) is 13.2 Å². The van der Waals surface area contributed by atoms with Gasteiger partial charge in [-0.15, -0.1) is 0 Å². The van der Waals surface area contributed by atoms with Crippen LogP contribution in [0.2, 0.25) is 0 Å². The fourth-order valence-electron chi connectivity index (χ4n) is 2.03. The Hall–Kier alpha value is -0.610. The Morgan fingerprint density at radius 2 is 2.24 bits per heavy atom. The van der Waals surface area contributed by atoms with Crippen molar-refractivity contribution in [3.63, 3.8) is 0 Å². The SMILES string of the molecule is CCCCOCCNC(=O)C1(C)CCCCN1. The van der Waals surface area contributed by atoms with Crippen LogP contribution < -0.4 is 10.6 Å². The van der Waals surface area contributed by atoms with E-state index in [9.17, 15) is 4.79 Å². The molecule has 1 aliphatic heterocycles. The van der Waals surface area contributed by atoms with E-state index in [1.807, 2.05) is 6.92 Å². The highest BCUT2D eigenvalue weighted by Gasteiger charge is 2.33. The molecule has 0 radical (unpaired) electrons. The van der Waals surface area contributed by atoms with E-state index in [4.69, 9.17) is 4.74 Å². The van der Waals surface area contributed by atoms with Gasteiger partial charge in [0.15, 0.2) is 0 Å². The van der Waals surface area contributed by atoms with E-state index in [2.05, 4.69) is 17.6 Å². The van der Waals surface area contributed by atoms with Gasteiger partial charge in [-0.25, -0.2) is 0 Å². The van der Waals surface area contributed by atoms with Crippen LogP contribution in [0.25, 0.3) is 0 Å². The Bertz CT molecular complexity index is 225. The predicted octanol–water partition coefficient (Wildman–Crippen LogP) is 1.45. The maximum atomic E-state index is 12.0. The van der Waals surface area contributed by atoms with Crippen LogP contribution in [0.4, 0.5) is 0 Å². The van der Waals surface area contributed by atoms with Crippen LogP contribution in [0.1, 0.15) is 46.0 Å². The van der Waals surface area contributed by atoms with Crippen LogP contribution in [-0.4, -0.2) is 37.7 Å². The zero-order chi connectivity index (χ0) is 12.6. The van der Waals surface area contributed by atoms with Crippen LogP contribution in [-0.2, 0) is 9.53 Å². The largest absolute Gasteiger partial charge is 0.380 e. The van der Waals surface area contributed by atoms with E-state index >= 15 is 0 Å². The van der Waals surface area contributed by atoms with Crippen LogP contribution in [0.5, 0.6) is 0 Å². The van der Waals surface area contributed by atoms with Gasteiger partial charge in [0.25, 0.3) is 0 Å². The first-order valence-electron chi connectivity index (χ1n) is 6.80. The highest BCUT2D eigenvalue weighted by atomic mass is 16.5. The van der Waals surface area contributed by atoms with Crippen molar-refractivity contribution in [2.75, 3.05) is 26.3 Å². The molecule has 1 amide bonds. The average Bonchev–Trinajstić information content (AvgIpc) is 2.34. The van der Waals surface area contributed by atoms with Crippen molar-refractivity contribution in [2.24, 2.45) is 0 Å². The van der Waals surface area contributed by atoms with Crippen LogP contribution in [0.3, 0.4) is 0 Å². The topological polar surface area (TPSA) is 50.4 Å². The Morgan fingerprint density at radius 3 is 2.88 bits per heavy atom. The molecule has 1 aliphatic rings. The second-order valence-electron chi connectivity index (χ2n) is 4.94. The van der Waals surface area contributed by atoms with E-state index in [1.165, 1.54) is 6.42 Å². The van der Waals surface area contributed by atoms with Crippen LogP contribution in [0.15, 0.2) is 0 Å². The molecule has 4 nitrogen and oxygen atoms in total. The lowest BCUT2D eigenvalue weighted by atomic mass is 9.90. The molecule has 1 fully saturated rings. The first kappa shape index (κ1) is 14.5. The lowest BCUT2D eigenvalue weighted by molar-refractivity contribution is -0.128. The highest BCUT2D eigenvalue weighted by Crippen LogP contribution is 2.18. The van der Waals surface area contributed by atoms with Crippen molar-refractivity contribution in [3.05, 3.63) is 0 Å². The fourth-order valence-corrected chi connectivity index (χ4v) is 2.03. The molecule has 0 spiro atoms. The van der Waals surface area contributed by atoms with Crippen molar-refractivity contribution < 1.29 is 9.53 Å². The summed E-state index contributed by atoms with van der Waals surface area (Å²) in [4.78, 5) is 12.0. The molecular formula is C13H26N2O2. The molecule has 100 valence electrons. The first-order valence-corrected chi connectivity index (χ1v) is 6.80. The number of rotatable bonds is 7. The second kappa shape index (κ2) is 7.67. The van der Waals surface area contributed by atoms with Crippen LogP contribution >= 0.6 is 0 Å². The number of carbonyl (C=O) groups is 1. The second-order valence-corrected chi connectivity index (χ2v) is 4.94. The monoisotopic (exact) mass is 242 g/mol. The van der Waals surface area contributed by atoms with E-state index in [0.717, 1.165) is 38.8 Å². The molecule has 0 aromatic heterocycles. The molecule has 2 N–H and O–H groups in total. The predicted molar refractivity (Wildman–Crippen MR) is 69.0 cm³/mol. The van der Waals surface area contributed by atoms with Gasteiger partial charge in [-0.2, -0.15) is 0 Å². The van der Waals surface area contributed by atoms with Crippen LogP contribution in [0, 0.1) is 0 Å². The lowest BCUT2D eigenvalue weighted by Crippen LogP contribution is -2.57. The number of hydrogen-bond donors (Lipinski definition) is 2. The van der Waals surface area contributed by atoms with Gasteiger partial charge in [0.05, 0.1) is 12.1 Å². The van der Waals surface area contributed by atoms with Gasteiger partial charge in [0.2, 0.25) is 5.91 Å². The molecule has 0 bridgehead atoms. The molecule has 0 aromatic rings. The molecule has 0 aromatic carbocycles. The summed E-state index contributed by atoms with van der Waals surface area (Å²) in [5.74, 6) is 0.108. The summed E-state index contributed by atoms with van der Waals surface area (Å²) in [7, 11) is 0. The minimum Gasteiger partial charge on any atom is -0.380 e. The molecule has 0 saturated carbocycles. The maximum absolute atomic E-state index is 12.0. The number of hydrogen-bond acceptors (Lipinski definition) is 3. The summed E-state index contributed by atoms with van der Waals surface area (Å²) in [6, 6.07) is 0. The van der Waals surface area contributed by atoms with Crippen molar-refractivity contribution in [1.82, 2.24) is 10.6 Å². The maximum Gasteiger partial charge on any atom is 0.240 e. The summed E-state index contributed by atoms with van der Waals surface area (Å²) < 4.78 is 5.41. The zero-order valence-corrected chi connectivity index (χ0v) is 11.2. The molecule has 1 saturated heterocycles. The quantitative estimate of drug-likeness (QED) is 0.664. The summed E-state index contributed by atoms with van der Waals surface area (Å²) in [6.45, 7) is 7.08. The lowest BCUT2D eigenvalue weighted by Gasteiger charge is -2.33. The Kier molecular flexibility index (Phi) is 6.52. The van der Waals surface area contributed by atoms with E-state index < -0.39 is 0 Å². The van der Waals surface area contributed by atoms with Gasteiger partial charge >= 0.3 is 0 Å². The summed E-state index contributed by atoms with van der Waals surface area (Å²) >= 11 is 0. The van der Waals surface area contributed by atoms with Gasteiger partial charge in [-0.1, -0.05) is 13.3 Å². The number of nitrogens with one attached hydrogen (secondary N) is 2. The standard InChI is InChI=1S/C13H26N2O2/c1-3-4-10-17-11-9-14-12(16)13(2)7-5-6-8-15-13/h15H,3-11H2,1-2H3,(H,14,16). The van der Waals surface area contributed by atoms with E-state index in [-0.39, 0.29) is 11.4 Å². The van der Waals surface area contributed by atoms with Crippen molar-refractivity contribution in [2.45, 2.75) is 51.5 Å². The van der Waals surface area contributed by atoms with Crippen molar-refractivity contribution in [1.29, 1.82) is 0 Å². The Morgan fingerprint density at radius 1 is 1.41 bits per heavy atom. The molecule has 17 heavy (non-hydrogen) atoms. The normalized spacial score (nSPS) is 24.6. The average molecular weight is 242 g/mol. The summed E-state index contributed by atoms with van der Waals surface area (Å²) in [6.07, 6.45) is 5.46. The number of carbonyl (C=O) groups excluding carboxylic acids is 1. The molecule has 1 atom stereocenters. The van der Waals surface area contributed by atoms with Gasteiger partial charge < -0.3 is 15.4 Å². The van der Waals surface area contributed by atoms with Crippen molar-refractivity contribution in [3.8, 4) is 0 Å². The molecule has 1 unspecified atom stereocenters. The summed E-state index contributed by atoms with van der Waals surface area (Å²) in [5, 5.41) is 6.25.